The van der Waals surface area contributed by atoms with Crippen molar-refractivity contribution in [2.45, 2.75) is 32.6 Å². The molecule has 0 unspecified atom stereocenters. The fourth-order valence-electron chi connectivity index (χ4n) is 3.08. The molecule has 1 aromatic rings. The number of likely N-dealkylation sites (tertiary alicyclic amines) is 1. The van der Waals surface area contributed by atoms with Gasteiger partial charge in [-0.1, -0.05) is 6.07 Å². The highest BCUT2D eigenvalue weighted by molar-refractivity contribution is 5.78. The first-order chi connectivity index (χ1) is 12.0. The highest BCUT2D eigenvalue weighted by atomic mass is 16.5. The lowest BCUT2D eigenvalue weighted by Crippen LogP contribution is -2.36. The Kier molecular flexibility index (Phi) is 7.10. The maximum atomic E-state index is 12.2. The van der Waals surface area contributed by atoms with Gasteiger partial charge in [0.05, 0.1) is 14.2 Å². The molecule has 2 rings (SSSR count). The van der Waals surface area contributed by atoms with E-state index in [1.165, 1.54) is 0 Å². The molecule has 0 spiro atoms. The molecule has 1 fully saturated rings. The van der Waals surface area contributed by atoms with Crippen molar-refractivity contribution in [3.05, 3.63) is 23.8 Å². The highest BCUT2D eigenvalue weighted by Gasteiger charge is 2.19. The van der Waals surface area contributed by atoms with E-state index in [0.717, 1.165) is 31.5 Å². The number of carbonyl (C=O) groups excluding carboxylic acids is 2. The van der Waals surface area contributed by atoms with Gasteiger partial charge in [0.1, 0.15) is 0 Å². The molecular weight excluding hydrogens is 320 g/mol. The minimum absolute atomic E-state index is 0.00491. The summed E-state index contributed by atoms with van der Waals surface area (Å²) in [5, 5.41) is 0. The number of carbonyl (C=O) groups is 2. The molecule has 138 valence electrons. The quantitative estimate of drug-likeness (QED) is 0.722. The van der Waals surface area contributed by atoms with Crippen LogP contribution in [0.5, 0.6) is 11.5 Å². The van der Waals surface area contributed by atoms with Crippen LogP contribution in [0.2, 0.25) is 0 Å². The summed E-state index contributed by atoms with van der Waals surface area (Å²) in [6, 6.07) is 5.75. The largest absolute Gasteiger partial charge is 0.493 e. The molecule has 25 heavy (non-hydrogen) atoms. The van der Waals surface area contributed by atoms with Crippen molar-refractivity contribution < 1.29 is 19.1 Å². The van der Waals surface area contributed by atoms with E-state index in [2.05, 4.69) is 0 Å². The average Bonchev–Trinajstić information content (AvgIpc) is 3.15. The summed E-state index contributed by atoms with van der Waals surface area (Å²) < 4.78 is 10.5. The van der Waals surface area contributed by atoms with Crippen LogP contribution in [-0.2, 0) is 16.0 Å². The molecule has 0 saturated carbocycles. The number of benzene rings is 1. The van der Waals surface area contributed by atoms with E-state index in [4.69, 9.17) is 9.47 Å². The van der Waals surface area contributed by atoms with Crippen LogP contribution in [0, 0.1) is 0 Å². The third-order valence-corrected chi connectivity index (χ3v) is 4.62. The van der Waals surface area contributed by atoms with Crippen LogP contribution in [0.4, 0.5) is 0 Å². The first kappa shape index (κ1) is 19.1. The minimum Gasteiger partial charge on any atom is -0.493 e. The predicted octanol–water partition coefficient (Wildman–Crippen LogP) is 2.11. The van der Waals surface area contributed by atoms with Crippen LogP contribution in [0.1, 0.15) is 31.7 Å². The predicted molar refractivity (Wildman–Crippen MR) is 95.9 cm³/mol. The lowest BCUT2D eigenvalue weighted by molar-refractivity contribution is -0.132. The summed E-state index contributed by atoms with van der Waals surface area (Å²) in [5.74, 6) is 1.51. The van der Waals surface area contributed by atoms with Crippen molar-refractivity contribution in [3.8, 4) is 11.5 Å². The fraction of sp³-hybridized carbons (Fsp3) is 0.579. The Balaban J connectivity index is 1.88. The Bertz CT molecular complexity index is 597. The number of ether oxygens (including phenoxy) is 2. The summed E-state index contributed by atoms with van der Waals surface area (Å²) in [4.78, 5) is 27.7. The van der Waals surface area contributed by atoms with Crippen LogP contribution in [0.15, 0.2) is 18.2 Å². The summed E-state index contributed by atoms with van der Waals surface area (Å²) in [7, 11) is 3.21. The Morgan fingerprint density at radius 2 is 1.76 bits per heavy atom. The second-order valence-corrected chi connectivity index (χ2v) is 6.28. The molecule has 6 heteroatoms. The molecule has 0 aliphatic carbocycles. The zero-order chi connectivity index (χ0) is 18.2. The Labute approximate surface area is 149 Å². The van der Waals surface area contributed by atoms with E-state index in [-0.39, 0.29) is 11.8 Å². The van der Waals surface area contributed by atoms with Crippen molar-refractivity contribution >= 4 is 11.8 Å². The second-order valence-electron chi connectivity index (χ2n) is 6.28. The molecular formula is C19H28N2O4. The first-order valence-corrected chi connectivity index (χ1v) is 8.79. The van der Waals surface area contributed by atoms with Gasteiger partial charge in [-0.2, -0.15) is 0 Å². The lowest BCUT2D eigenvalue weighted by atomic mass is 10.1. The Morgan fingerprint density at radius 3 is 2.36 bits per heavy atom. The maximum absolute atomic E-state index is 12.2. The monoisotopic (exact) mass is 348 g/mol. The first-order valence-electron chi connectivity index (χ1n) is 8.79. The van der Waals surface area contributed by atoms with Gasteiger partial charge in [0, 0.05) is 39.5 Å². The number of hydrogen-bond acceptors (Lipinski definition) is 4. The molecule has 0 bridgehead atoms. The van der Waals surface area contributed by atoms with Crippen LogP contribution < -0.4 is 9.47 Å². The van der Waals surface area contributed by atoms with Gasteiger partial charge in [-0.05, 0) is 37.0 Å². The summed E-state index contributed by atoms with van der Waals surface area (Å²) in [6.45, 7) is 4.31. The number of hydrogen-bond donors (Lipinski definition) is 0. The second kappa shape index (κ2) is 9.30. The average molecular weight is 348 g/mol. The molecule has 0 radical (unpaired) electrons. The molecule has 1 aromatic carbocycles. The minimum atomic E-state index is -0.00491. The Morgan fingerprint density at radius 1 is 1.08 bits per heavy atom. The molecule has 0 N–H and O–H groups in total. The third kappa shape index (κ3) is 5.37. The maximum Gasteiger partial charge on any atom is 0.224 e. The van der Waals surface area contributed by atoms with Crippen molar-refractivity contribution in [2.24, 2.45) is 0 Å². The van der Waals surface area contributed by atoms with E-state index in [9.17, 15) is 9.59 Å². The molecule has 0 aromatic heterocycles. The van der Waals surface area contributed by atoms with Crippen molar-refractivity contribution in [1.82, 2.24) is 9.80 Å². The lowest BCUT2D eigenvalue weighted by Gasteiger charge is -2.23. The third-order valence-electron chi connectivity index (χ3n) is 4.62. The zero-order valence-electron chi connectivity index (χ0n) is 15.4. The molecule has 1 heterocycles. The van der Waals surface area contributed by atoms with Gasteiger partial charge in [0.2, 0.25) is 11.8 Å². The topological polar surface area (TPSA) is 59.1 Å². The molecule has 2 amide bonds. The van der Waals surface area contributed by atoms with E-state index in [1.54, 1.807) is 26.0 Å². The Hall–Kier alpha value is -2.24. The highest BCUT2D eigenvalue weighted by Crippen LogP contribution is 2.27. The number of methoxy groups -OCH3 is 2. The van der Waals surface area contributed by atoms with Gasteiger partial charge in [-0.3, -0.25) is 9.59 Å². The van der Waals surface area contributed by atoms with Crippen molar-refractivity contribution in [3.63, 3.8) is 0 Å². The van der Waals surface area contributed by atoms with Crippen LogP contribution in [-0.4, -0.2) is 62.0 Å². The molecule has 1 saturated heterocycles. The normalized spacial score (nSPS) is 13.6. The van der Waals surface area contributed by atoms with Gasteiger partial charge in [-0.25, -0.2) is 0 Å². The van der Waals surface area contributed by atoms with E-state index >= 15 is 0 Å². The smallest absolute Gasteiger partial charge is 0.224 e. The van der Waals surface area contributed by atoms with E-state index in [1.807, 2.05) is 23.1 Å². The van der Waals surface area contributed by atoms with Crippen molar-refractivity contribution in [1.29, 1.82) is 0 Å². The van der Waals surface area contributed by atoms with E-state index < -0.39 is 0 Å². The fourth-order valence-corrected chi connectivity index (χ4v) is 3.08. The molecule has 1 aliphatic rings. The standard InChI is InChI=1S/C19H28N2O4/c1-15(22)20(13-9-19(23)21-10-4-5-11-21)12-8-16-6-7-17(24-2)18(14-16)25-3/h6-7,14H,4-5,8-13H2,1-3H3. The van der Waals surface area contributed by atoms with Gasteiger partial charge >= 0.3 is 0 Å². The molecule has 0 atom stereocenters. The summed E-state index contributed by atoms with van der Waals surface area (Å²) >= 11 is 0. The van der Waals surface area contributed by atoms with Gasteiger partial charge in [0.15, 0.2) is 11.5 Å². The molecule has 1 aliphatic heterocycles. The SMILES string of the molecule is COc1ccc(CCN(CCC(=O)N2CCCC2)C(C)=O)cc1OC. The van der Waals surface area contributed by atoms with Crippen LogP contribution >= 0.6 is 0 Å². The summed E-state index contributed by atoms with van der Waals surface area (Å²) in [5.41, 5.74) is 1.06. The van der Waals surface area contributed by atoms with Gasteiger partial charge in [0.25, 0.3) is 0 Å². The van der Waals surface area contributed by atoms with Gasteiger partial charge in [-0.15, -0.1) is 0 Å². The number of rotatable bonds is 8. The zero-order valence-corrected chi connectivity index (χ0v) is 15.4. The summed E-state index contributed by atoms with van der Waals surface area (Å²) in [6.07, 6.45) is 3.27. The number of amides is 2. The molecule has 6 nitrogen and oxygen atoms in total. The van der Waals surface area contributed by atoms with Crippen molar-refractivity contribution in [2.75, 3.05) is 40.4 Å². The van der Waals surface area contributed by atoms with Crippen LogP contribution in [0.25, 0.3) is 0 Å². The number of nitrogens with zero attached hydrogens (tertiary/aromatic N) is 2. The van der Waals surface area contributed by atoms with E-state index in [0.29, 0.717) is 37.4 Å². The van der Waals surface area contributed by atoms with Gasteiger partial charge < -0.3 is 19.3 Å². The van der Waals surface area contributed by atoms with Crippen LogP contribution in [0.3, 0.4) is 0 Å².